The highest BCUT2D eigenvalue weighted by Crippen LogP contribution is 2.18. The molecule has 0 unspecified atom stereocenters. The second kappa shape index (κ2) is 7.45. The molecule has 76 valence electrons. The lowest BCUT2D eigenvalue weighted by molar-refractivity contribution is -0.0229. The monoisotopic (exact) mass is 181 g/mol. The maximum atomic E-state index is 9.53. The highest BCUT2D eigenvalue weighted by molar-refractivity contribution is 4.77. The third-order valence-corrected chi connectivity index (χ3v) is 1.73. The predicted octanol–water partition coefficient (Wildman–Crippen LogP) is -0.973. The number of aliphatic hydroxyl groups is 4. The molecular formula is C7H19NO4. The van der Waals surface area contributed by atoms with E-state index >= 15 is 0 Å². The number of aliphatic hydroxyl groups excluding tert-OH is 3. The Morgan fingerprint density at radius 3 is 1.17 bits per heavy atom. The fourth-order valence-corrected chi connectivity index (χ4v) is 0.999. The van der Waals surface area contributed by atoms with Gasteiger partial charge in [0.05, 0.1) is 5.60 Å². The Bertz CT molecular complexity index is 82.4. The summed E-state index contributed by atoms with van der Waals surface area (Å²) in [6, 6.07) is 0. The summed E-state index contributed by atoms with van der Waals surface area (Å²) in [5, 5.41) is 35.1. The third kappa shape index (κ3) is 5.45. The molecule has 0 aliphatic rings. The van der Waals surface area contributed by atoms with Gasteiger partial charge in [-0.25, -0.2) is 0 Å². The normalized spacial score (nSPS) is 11.0. The van der Waals surface area contributed by atoms with E-state index in [-0.39, 0.29) is 45.2 Å². The molecule has 0 bridgehead atoms. The maximum Gasteiger partial charge on any atom is 0.0713 e. The molecule has 0 heterocycles. The minimum atomic E-state index is -1.10. The van der Waals surface area contributed by atoms with E-state index in [4.69, 9.17) is 15.3 Å². The first-order valence-corrected chi connectivity index (χ1v) is 3.73. The van der Waals surface area contributed by atoms with Crippen LogP contribution in [0.15, 0.2) is 0 Å². The quantitative estimate of drug-likeness (QED) is 0.361. The van der Waals surface area contributed by atoms with Gasteiger partial charge in [0.2, 0.25) is 0 Å². The summed E-state index contributed by atoms with van der Waals surface area (Å²) in [4.78, 5) is 0. The van der Waals surface area contributed by atoms with Crippen LogP contribution in [0.1, 0.15) is 19.3 Å². The summed E-state index contributed by atoms with van der Waals surface area (Å²) in [5.41, 5.74) is -1.10. The smallest absolute Gasteiger partial charge is 0.0713 e. The summed E-state index contributed by atoms with van der Waals surface area (Å²) < 4.78 is 0. The molecule has 0 aliphatic carbocycles. The van der Waals surface area contributed by atoms with Gasteiger partial charge in [0.15, 0.2) is 0 Å². The van der Waals surface area contributed by atoms with Gasteiger partial charge in [0, 0.05) is 19.8 Å². The van der Waals surface area contributed by atoms with Gasteiger partial charge < -0.3 is 26.6 Å². The molecule has 0 fully saturated rings. The molecule has 0 aromatic rings. The van der Waals surface area contributed by atoms with Gasteiger partial charge in [-0.15, -0.1) is 0 Å². The van der Waals surface area contributed by atoms with E-state index in [9.17, 15) is 5.11 Å². The second-order valence-electron chi connectivity index (χ2n) is 2.65. The van der Waals surface area contributed by atoms with Crippen molar-refractivity contribution >= 4 is 0 Å². The van der Waals surface area contributed by atoms with E-state index < -0.39 is 5.60 Å². The Morgan fingerprint density at radius 2 is 1.00 bits per heavy atom. The van der Waals surface area contributed by atoms with Crippen LogP contribution in [-0.2, 0) is 0 Å². The van der Waals surface area contributed by atoms with Gasteiger partial charge in [-0.05, 0) is 19.3 Å². The Morgan fingerprint density at radius 1 is 0.750 bits per heavy atom. The molecule has 5 nitrogen and oxygen atoms in total. The van der Waals surface area contributed by atoms with Crippen molar-refractivity contribution in [1.82, 2.24) is 6.15 Å². The Balaban J connectivity index is 0. The van der Waals surface area contributed by atoms with Crippen molar-refractivity contribution in [2.75, 3.05) is 19.8 Å². The van der Waals surface area contributed by atoms with Crippen molar-refractivity contribution < 1.29 is 20.4 Å². The fourth-order valence-electron chi connectivity index (χ4n) is 0.999. The second-order valence-corrected chi connectivity index (χ2v) is 2.65. The van der Waals surface area contributed by atoms with Crippen LogP contribution < -0.4 is 6.15 Å². The zero-order chi connectivity index (χ0) is 8.74. The van der Waals surface area contributed by atoms with Gasteiger partial charge >= 0.3 is 0 Å². The molecule has 0 saturated heterocycles. The topological polar surface area (TPSA) is 116 Å². The van der Waals surface area contributed by atoms with Crippen molar-refractivity contribution in [1.29, 1.82) is 0 Å². The van der Waals surface area contributed by atoms with E-state index in [1.807, 2.05) is 0 Å². The SMILES string of the molecule is N.OCCC(O)(CCO)CCO. The number of hydrogen-bond donors (Lipinski definition) is 5. The highest BCUT2D eigenvalue weighted by Gasteiger charge is 2.24. The van der Waals surface area contributed by atoms with Crippen molar-refractivity contribution in [2.45, 2.75) is 24.9 Å². The van der Waals surface area contributed by atoms with Crippen LogP contribution >= 0.6 is 0 Å². The van der Waals surface area contributed by atoms with E-state index in [1.165, 1.54) is 0 Å². The summed E-state index contributed by atoms with van der Waals surface area (Å²) >= 11 is 0. The Labute approximate surface area is 72.2 Å². The van der Waals surface area contributed by atoms with Gasteiger partial charge in [-0.1, -0.05) is 0 Å². The minimum absolute atomic E-state index is 0. The molecule has 0 aromatic heterocycles. The standard InChI is InChI=1S/C7H16O4.H3N/c8-4-1-7(11,2-5-9)3-6-10;/h8-11H,1-6H2;1H3. The lowest BCUT2D eigenvalue weighted by Gasteiger charge is -2.25. The molecule has 12 heavy (non-hydrogen) atoms. The van der Waals surface area contributed by atoms with Crippen LogP contribution in [0, 0.1) is 0 Å². The minimum Gasteiger partial charge on any atom is -0.396 e. The molecular weight excluding hydrogens is 162 g/mol. The van der Waals surface area contributed by atoms with Gasteiger partial charge in [0.25, 0.3) is 0 Å². The van der Waals surface area contributed by atoms with Crippen LogP contribution in [0.3, 0.4) is 0 Å². The van der Waals surface area contributed by atoms with Crippen molar-refractivity contribution in [3.05, 3.63) is 0 Å². The molecule has 0 rings (SSSR count). The van der Waals surface area contributed by atoms with E-state index in [1.54, 1.807) is 0 Å². The van der Waals surface area contributed by atoms with Gasteiger partial charge in [-0.2, -0.15) is 0 Å². The molecule has 5 heteroatoms. The van der Waals surface area contributed by atoms with Crippen LogP contribution in [0.25, 0.3) is 0 Å². The molecule has 0 atom stereocenters. The molecule has 0 saturated carbocycles. The summed E-state index contributed by atoms with van der Waals surface area (Å²) in [5.74, 6) is 0. The van der Waals surface area contributed by atoms with Gasteiger partial charge in [-0.3, -0.25) is 0 Å². The van der Waals surface area contributed by atoms with E-state index in [0.717, 1.165) is 0 Å². The molecule has 0 amide bonds. The molecule has 7 N–H and O–H groups in total. The number of hydrogen-bond acceptors (Lipinski definition) is 5. The zero-order valence-corrected chi connectivity index (χ0v) is 7.24. The first kappa shape index (κ1) is 14.3. The van der Waals surface area contributed by atoms with Gasteiger partial charge in [0.1, 0.15) is 0 Å². The predicted molar refractivity (Wildman–Crippen MR) is 45.1 cm³/mol. The van der Waals surface area contributed by atoms with E-state index in [2.05, 4.69) is 0 Å². The van der Waals surface area contributed by atoms with Crippen LogP contribution in [0.2, 0.25) is 0 Å². The molecule has 0 radical (unpaired) electrons. The average Bonchev–Trinajstić information content (AvgIpc) is 1.88. The molecule has 0 spiro atoms. The van der Waals surface area contributed by atoms with Crippen LogP contribution in [-0.4, -0.2) is 45.8 Å². The molecule has 0 aliphatic heterocycles. The first-order chi connectivity index (χ1) is 5.18. The van der Waals surface area contributed by atoms with Crippen molar-refractivity contribution in [3.8, 4) is 0 Å². The Hall–Kier alpha value is -0.200. The lowest BCUT2D eigenvalue weighted by Crippen LogP contribution is -2.32. The third-order valence-electron chi connectivity index (χ3n) is 1.73. The van der Waals surface area contributed by atoms with Crippen LogP contribution in [0.5, 0.6) is 0 Å². The number of rotatable bonds is 6. The first-order valence-electron chi connectivity index (χ1n) is 3.73. The lowest BCUT2D eigenvalue weighted by atomic mass is 9.93. The van der Waals surface area contributed by atoms with Crippen LogP contribution in [0.4, 0.5) is 0 Å². The fraction of sp³-hybridized carbons (Fsp3) is 1.00. The Kier molecular flexibility index (Phi) is 8.90. The van der Waals surface area contributed by atoms with E-state index in [0.29, 0.717) is 0 Å². The summed E-state index contributed by atoms with van der Waals surface area (Å²) in [7, 11) is 0. The summed E-state index contributed by atoms with van der Waals surface area (Å²) in [6.45, 7) is -0.385. The maximum absolute atomic E-state index is 9.53. The largest absolute Gasteiger partial charge is 0.396 e. The summed E-state index contributed by atoms with van der Waals surface area (Å²) in [6.07, 6.45) is 0.608. The highest BCUT2D eigenvalue weighted by atomic mass is 16.3. The van der Waals surface area contributed by atoms with Crippen molar-refractivity contribution in [3.63, 3.8) is 0 Å². The average molecular weight is 181 g/mol. The zero-order valence-electron chi connectivity index (χ0n) is 7.24. The van der Waals surface area contributed by atoms with Crippen molar-refractivity contribution in [2.24, 2.45) is 0 Å². The molecule has 0 aromatic carbocycles.